The number of nitrogens with two attached hydrogens (primary N) is 1. The largest absolute Gasteiger partial charge is 0.365 e. The summed E-state index contributed by atoms with van der Waals surface area (Å²) in [7, 11) is 0. The second kappa shape index (κ2) is 4.74. The standard InChI is InChI=1S/C11H15F2N3/c12-8-4-9(13)11(15-6-8)16-10-3-1-2-7(10)5-14/h4,6-7,10H,1-3,5,14H2,(H,15,16). The van der Waals surface area contributed by atoms with Gasteiger partial charge < -0.3 is 11.1 Å². The topological polar surface area (TPSA) is 50.9 Å². The minimum atomic E-state index is -0.662. The lowest BCUT2D eigenvalue weighted by molar-refractivity contribution is 0.509. The van der Waals surface area contributed by atoms with E-state index in [1.807, 2.05) is 0 Å². The fourth-order valence-corrected chi connectivity index (χ4v) is 2.21. The molecule has 16 heavy (non-hydrogen) atoms. The van der Waals surface area contributed by atoms with Gasteiger partial charge >= 0.3 is 0 Å². The number of hydrogen-bond donors (Lipinski definition) is 2. The minimum Gasteiger partial charge on any atom is -0.365 e. The van der Waals surface area contributed by atoms with Crippen LogP contribution in [-0.4, -0.2) is 17.6 Å². The van der Waals surface area contributed by atoms with Crippen LogP contribution in [0, 0.1) is 17.6 Å². The molecule has 2 atom stereocenters. The molecule has 0 amide bonds. The van der Waals surface area contributed by atoms with Crippen LogP contribution in [0.4, 0.5) is 14.6 Å². The number of anilines is 1. The number of nitrogens with zero attached hydrogens (tertiary/aromatic N) is 1. The van der Waals surface area contributed by atoms with Crippen LogP contribution in [0.2, 0.25) is 0 Å². The average molecular weight is 227 g/mol. The molecule has 0 radical (unpaired) electrons. The van der Waals surface area contributed by atoms with Crippen molar-refractivity contribution in [1.29, 1.82) is 0 Å². The van der Waals surface area contributed by atoms with Gasteiger partial charge in [0, 0.05) is 12.1 Å². The molecule has 1 heterocycles. The molecule has 1 aromatic heterocycles. The van der Waals surface area contributed by atoms with Crippen molar-refractivity contribution < 1.29 is 8.78 Å². The Bertz CT molecular complexity index is 370. The van der Waals surface area contributed by atoms with Crippen molar-refractivity contribution in [2.24, 2.45) is 11.7 Å². The summed E-state index contributed by atoms with van der Waals surface area (Å²) in [6.45, 7) is 0.584. The van der Waals surface area contributed by atoms with Crippen LogP contribution in [0.15, 0.2) is 12.3 Å². The normalized spacial score (nSPS) is 24.7. The highest BCUT2D eigenvalue weighted by atomic mass is 19.1. The maximum atomic E-state index is 13.3. The van der Waals surface area contributed by atoms with Crippen LogP contribution in [0.3, 0.4) is 0 Å². The maximum Gasteiger partial charge on any atom is 0.168 e. The molecule has 0 spiro atoms. The molecule has 5 heteroatoms. The number of nitrogens with one attached hydrogen (secondary N) is 1. The molecule has 0 aliphatic heterocycles. The van der Waals surface area contributed by atoms with E-state index in [0.717, 1.165) is 31.5 Å². The van der Waals surface area contributed by atoms with Crippen molar-refractivity contribution in [1.82, 2.24) is 4.98 Å². The van der Waals surface area contributed by atoms with Crippen molar-refractivity contribution in [2.45, 2.75) is 25.3 Å². The Morgan fingerprint density at radius 3 is 2.94 bits per heavy atom. The van der Waals surface area contributed by atoms with Crippen LogP contribution in [0.1, 0.15) is 19.3 Å². The zero-order chi connectivity index (χ0) is 11.5. The molecule has 0 saturated heterocycles. The van der Waals surface area contributed by atoms with Gasteiger partial charge in [-0.1, -0.05) is 6.42 Å². The van der Waals surface area contributed by atoms with Gasteiger partial charge in [0.05, 0.1) is 6.20 Å². The lowest BCUT2D eigenvalue weighted by atomic mass is 10.0. The van der Waals surface area contributed by atoms with Gasteiger partial charge in [0.1, 0.15) is 5.82 Å². The van der Waals surface area contributed by atoms with E-state index in [9.17, 15) is 8.78 Å². The van der Waals surface area contributed by atoms with Gasteiger partial charge in [-0.3, -0.25) is 0 Å². The molecular formula is C11H15F2N3. The second-order valence-electron chi connectivity index (χ2n) is 4.16. The van der Waals surface area contributed by atoms with Crippen molar-refractivity contribution in [3.63, 3.8) is 0 Å². The number of aromatic nitrogens is 1. The van der Waals surface area contributed by atoms with Gasteiger partial charge in [0.2, 0.25) is 0 Å². The fraction of sp³-hybridized carbons (Fsp3) is 0.545. The first-order chi connectivity index (χ1) is 7.70. The van der Waals surface area contributed by atoms with Gasteiger partial charge in [-0.15, -0.1) is 0 Å². The summed E-state index contributed by atoms with van der Waals surface area (Å²) in [5.41, 5.74) is 5.63. The second-order valence-corrected chi connectivity index (χ2v) is 4.16. The summed E-state index contributed by atoms with van der Waals surface area (Å²) in [6.07, 6.45) is 4.11. The van der Waals surface area contributed by atoms with Crippen LogP contribution >= 0.6 is 0 Å². The molecule has 2 unspecified atom stereocenters. The molecule has 1 aromatic rings. The van der Waals surface area contributed by atoms with Gasteiger partial charge in [0.25, 0.3) is 0 Å². The lowest BCUT2D eigenvalue weighted by Gasteiger charge is -2.20. The van der Waals surface area contributed by atoms with Crippen LogP contribution in [0.5, 0.6) is 0 Å². The van der Waals surface area contributed by atoms with E-state index in [1.165, 1.54) is 0 Å². The van der Waals surface area contributed by atoms with Crippen LogP contribution in [0.25, 0.3) is 0 Å². The van der Waals surface area contributed by atoms with Crippen LogP contribution < -0.4 is 11.1 Å². The van der Waals surface area contributed by atoms with Crippen molar-refractivity contribution in [2.75, 3.05) is 11.9 Å². The van der Waals surface area contributed by atoms with Gasteiger partial charge in [-0.05, 0) is 25.3 Å². The number of pyridine rings is 1. The summed E-state index contributed by atoms with van der Waals surface area (Å²) in [4.78, 5) is 3.71. The first kappa shape index (κ1) is 11.3. The van der Waals surface area contributed by atoms with Gasteiger partial charge in [-0.25, -0.2) is 13.8 Å². The van der Waals surface area contributed by atoms with E-state index in [4.69, 9.17) is 5.73 Å². The Balaban J connectivity index is 2.08. The van der Waals surface area contributed by atoms with Crippen molar-refractivity contribution in [3.05, 3.63) is 23.9 Å². The molecule has 1 aliphatic rings. The summed E-state index contributed by atoms with van der Waals surface area (Å²) < 4.78 is 26.0. The summed E-state index contributed by atoms with van der Waals surface area (Å²) >= 11 is 0. The van der Waals surface area contributed by atoms with Crippen molar-refractivity contribution >= 4 is 5.82 Å². The third-order valence-electron chi connectivity index (χ3n) is 3.09. The number of rotatable bonds is 3. The molecule has 2 rings (SSSR count). The minimum absolute atomic E-state index is 0.117. The smallest absolute Gasteiger partial charge is 0.168 e. The van der Waals surface area contributed by atoms with E-state index in [1.54, 1.807) is 0 Å². The Morgan fingerprint density at radius 1 is 1.44 bits per heavy atom. The Kier molecular flexibility index (Phi) is 3.33. The van der Waals surface area contributed by atoms with E-state index < -0.39 is 11.6 Å². The van der Waals surface area contributed by atoms with E-state index in [2.05, 4.69) is 10.3 Å². The third kappa shape index (κ3) is 2.29. The predicted molar refractivity (Wildman–Crippen MR) is 58.0 cm³/mol. The maximum absolute atomic E-state index is 13.3. The lowest BCUT2D eigenvalue weighted by Crippen LogP contribution is -2.30. The summed E-state index contributed by atoms with van der Waals surface area (Å²) in [6, 6.07) is 0.985. The molecule has 1 fully saturated rings. The summed E-state index contributed by atoms with van der Waals surface area (Å²) in [5.74, 6) is -0.842. The van der Waals surface area contributed by atoms with E-state index in [0.29, 0.717) is 12.5 Å². The molecule has 0 bridgehead atoms. The summed E-state index contributed by atoms with van der Waals surface area (Å²) in [5, 5.41) is 3.00. The molecule has 1 aliphatic carbocycles. The van der Waals surface area contributed by atoms with Crippen LogP contribution in [-0.2, 0) is 0 Å². The average Bonchev–Trinajstić information content (AvgIpc) is 2.69. The Labute approximate surface area is 93.1 Å². The quantitative estimate of drug-likeness (QED) is 0.829. The first-order valence-corrected chi connectivity index (χ1v) is 5.48. The predicted octanol–water partition coefficient (Wildman–Crippen LogP) is 1.90. The molecule has 3 N–H and O–H groups in total. The van der Waals surface area contributed by atoms with Gasteiger partial charge in [0.15, 0.2) is 11.6 Å². The number of halogens is 2. The SMILES string of the molecule is NCC1CCCC1Nc1ncc(F)cc1F. The highest BCUT2D eigenvalue weighted by Crippen LogP contribution is 2.27. The molecule has 88 valence electrons. The first-order valence-electron chi connectivity index (χ1n) is 5.48. The molecule has 1 saturated carbocycles. The van der Waals surface area contributed by atoms with E-state index >= 15 is 0 Å². The third-order valence-corrected chi connectivity index (χ3v) is 3.09. The zero-order valence-corrected chi connectivity index (χ0v) is 8.92. The Morgan fingerprint density at radius 2 is 2.25 bits per heavy atom. The zero-order valence-electron chi connectivity index (χ0n) is 8.92. The monoisotopic (exact) mass is 227 g/mol. The highest BCUT2D eigenvalue weighted by Gasteiger charge is 2.26. The van der Waals surface area contributed by atoms with E-state index in [-0.39, 0.29) is 11.9 Å². The van der Waals surface area contributed by atoms with Gasteiger partial charge in [-0.2, -0.15) is 0 Å². The molecular weight excluding hydrogens is 212 g/mol. The van der Waals surface area contributed by atoms with Crippen molar-refractivity contribution in [3.8, 4) is 0 Å². The molecule has 3 nitrogen and oxygen atoms in total. The fourth-order valence-electron chi connectivity index (χ4n) is 2.21. The Hall–Kier alpha value is -1.23. The number of hydrogen-bond acceptors (Lipinski definition) is 3. The highest BCUT2D eigenvalue weighted by molar-refractivity contribution is 5.37. The molecule has 0 aromatic carbocycles.